The van der Waals surface area contributed by atoms with Gasteiger partial charge in [-0.25, -0.2) is 4.39 Å². The molecule has 0 radical (unpaired) electrons. The van der Waals surface area contributed by atoms with E-state index < -0.39 is 22.8 Å². The lowest BCUT2D eigenvalue weighted by molar-refractivity contribution is -0.137. The molecule has 1 aliphatic rings. The van der Waals surface area contributed by atoms with Crippen LogP contribution in [0.4, 0.5) is 17.6 Å². The highest BCUT2D eigenvalue weighted by Crippen LogP contribution is 2.31. The number of amidine groups is 1. The zero-order chi connectivity index (χ0) is 19.4. The SMILES string of the molecule is O=C1N/C(=N/N=C\c2ccccc2F)S[C@@H]1Cc1cccc(C(F)(F)F)c1. The molecule has 0 saturated carbocycles. The Balaban J connectivity index is 1.66. The zero-order valence-electron chi connectivity index (χ0n) is 13.7. The van der Waals surface area contributed by atoms with Crippen LogP contribution in [0.25, 0.3) is 0 Å². The van der Waals surface area contributed by atoms with Crippen molar-refractivity contribution in [3.8, 4) is 0 Å². The topological polar surface area (TPSA) is 53.8 Å². The summed E-state index contributed by atoms with van der Waals surface area (Å²) in [5.74, 6) is -0.816. The van der Waals surface area contributed by atoms with Gasteiger partial charge in [-0.1, -0.05) is 48.2 Å². The lowest BCUT2D eigenvalue weighted by Gasteiger charge is -2.10. The third-order valence-corrected chi connectivity index (χ3v) is 4.77. The van der Waals surface area contributed by atoms with Crippen LogP contribution >= 0.6 is 11.8 Å². The van der Waals surface area contributed by atoms with E-state index in [2.05, 4.69) is 15.5 Å². The van der Waals surface area contributed by atoms with Crippen LogP contribution in [-0.2, 0) is 17.4 Å². The fourth-order valence-corrected chi connectivity index (χ4v) is 3.36. The normalized spacial score (nSPS) is 19.0. The van der Waals surface area contributed by atoms with Gasteiger partial charge in [0.05, 0.1) is 17.0 Å². The third-order valence-electron chi connectivity index (χ3n) is 3.70. The molecule has 0 spiro atoms. The Morgan fingerprint density at radius 3 is 2.67 bits per heavy atom. The minimum absolute atomic E-state index is 0.121. The van der Waals surface area contributed by atoms with E-state index in [0.717, 1.165) is 23.9 Å². The summed E-state index contributed by atoms with van der Waals surface area (Å²) in [6.07, 6.45) is -3.10. The molecule has 0 aromatic heterocycles. The lowest BCUT2D eigenvalue weighted by atomic mass is 10.1. The summed E-state index contributed by atoms with van der Waals surface area (Å²) < 4.78 is 51.8. The fraction of sp³-hybridized carbons (Fsp3) is 0.167. The van der Waals surface area contributed by atoms with Crippen molar-refractivity contribution in [1.29, 1.82) is 0 Å². The highest BCUT2D eigenvalue weighted by molar-refractivity contribution is 8.15. The maximum absolute atomic E-state index is 13.5. The molecule has 1 atom stereocenters. The van der Waals surface area contributed by atoms with E-state index >= 15 is 0 Å². The van der Waals surface area contributed by atoms with E-state index in [1.165, 1.54) is 30.5 Å². The van der Waals surface area contributed by atoms with E-state index in [1.54, 1.807) is 12.1 Å². The van der Waals surface area contributed by atoms with Gasteiger partial charge in [0.15, 0.2) is 5.17 Å². The Morgan fingerprint density at radius 2 is 1.93 bits per heavy atom. The van der Waals surface area contributed by atoms with Gasteiger partial charge >= 0.3 is 6.18 Å². The van der Waals surface area contributed by atoms with Gasteiger partial charge in [-0.05, 0) is 24.1 Å². The minimum Gasteiger partial charge on any atom is -0.303 e. The number of hydrogen-bond acceptors (Lipinski definition) is 4. The standard InChI is InChI=1S/C18H13F4N3OS/c19-14-7-2-1-5-12(14)10-23-25-17-24-16(26)15(27-17)9-11-4-3-6-13(8-11)18(20,21)22/h1-8,10,15H,9H2,(H,24,25,26)/b23-10-/t15-/m1/s1. The molecule has 2 aromatic carbocycles. The number of hydrogen-bond donors (Lipinski definition) is 1. The first-order chi connectivity index (χ1) is 12.8. The van der Waals surface area contributed by atoms with E-state index in [9.17, 15) is 22.4 Å². The first kappa shape index (κ1) is 19.1. The van der Waals surface area contributed by atoms with Crippen LogP contribution < -0.4 is 5.32 Å². The van der Waals surface area contributed by atoms with Crippen molar-refractivity contribution in [1.82, 2.24) is 5.32 Å². The summed E-state index contributed by atoms with van der Waals surface area (Å²) in [6.45, 7) is 0. The maximum atomic E-state index is 13.5. The molecule has 3 rings (SSSR count). The van der Waals surface area contributed by atoms with Crippen LogP contribution in [0, 0.1) is 5.82 Å². The number of alkyl halides is 3. The second-order valence-electron chi connectivity index (χ2n) is 5.67. The molecule has 9 heteroatoms. The van der Waals surface area contributed by atoms with Crippen LogP contribution in [0.2, 0.25) is 0 Å². The molecule has 1 N–H and O–H groups in total. The number of nitrogens with zero attached hydrogens (tertiary/aromatic N) is 2. The average Bonchev–Trinajstić information content (AvgIpc) is 2.96. The molecule has 140 valence electrons. The van der Waals surface area contributed by atoms with Crippen LogP contribution in [0.1, 0.15) is 16.7 Å². The maximum Gasteiger partial charge on any atom is 0.416 e. The number of halogens is 4. The highest BCUT2D eigenvalue weighted by atomic mass is 32.2. The monoisotopic (exact) mass is 395 g/mol. The van der Waals surface area contributed by atoms with Gasteiger partial charge in [-0.2, -0.15) is 18.3 Å². The van der Waals surface area contributed by atoms with Crippen molar-refractivity contribution < 1.29 is 22.4 Å². The Labute approximate surface area is 156 Å². The zero-order valence-corrected chi connectivity index (χ0v) is 14.5. The molecular formula is C18H13F4N3OS. The van der Waals surface area contributed by atoms with Gasteiger partial charge in [0.2, 0.25) is 5.91 Å². The molecule has 1 aliphatic heterocycles. The largest absolute Gasteiger partial charge is 0.416 e. The summed E-state index contributed by atoms with van der Waals surface area (Å²) in [5.41, 5.74) is -0.114. The number of carbonyl (C=O) groups excluding carboxylic acids is 1. The lowest BCUT2D eigenvalue weighted by Crippen LogP contribution is -2.26. The summed E-state index contributed by atoms with van der Waals surface area (Å²) >= 11 is 1.07. The molecule has 1 heterocycles. The van der Waals surface area contributed by atoms with E-state index in [4.69, 9.17) is 0 Å². The molecular weight excluding hydrogens is 382 g/mol. The Hall–Kier alpha value is -2.68. The van der Waals surface area contributed by atoms with Crippen LogP contribution in [0.3, 0.4) is 0 Å². The minimum atomic E-state index is -4.44. The molecule has 27 heavy (non-hydrogen) atoms. The third kappa shape index (κ3) is 4.94. The van der Waals surface area contributed by atoms with E-state index in [0.29, 0.717) is 5.56 Å². The van der Waals surface area contributed by atoms with Crippen molar-refractivity contribution in [3.05, 3.63) is 71.0 Å². The first-order valence-electron chi connectivity index (χ1n) is 7.82. The fourth-order valence-electron chi connectivity index (χ4n) is 2.40. The molecule has 0 bridgehead atoms. The smallest absolute Gasteiger partial charge is 0.303 e. The molecule has 1 fully saturated rings. The Kier molecular flexibility index (Phi) is 5.59. The molecule has 0 unspecified atom stereocenters. The van der Waals surface area contributed by atoms with Crippen LogP contribution in [0.15, 0.2) is 58.7 Å². The van der Waals surface area contributed by atoms with Crippen molar-refractivity contribution in [2.24, 2.45) is 10.2 Å². The summed E-state index contributed by atoms with van der Waals surface area (Å²) in [6, 6.07) is 10.9. The number of amides is 1. The second kappa shape index (κ2) is 7.91. The predicted octanol–water partition coefficient (Wildman–Crippen LogP) is 4.01. The van der Waals surface area contributed by atoms with Crippen molar-refractivity contribution in [2.45, 2.75) is 17.8 Å². The van der Waals surface area contributed by atoms with Gasteiger partial charge < -0.3 is 5.32 Å². The molecule has 1 amide bonds. The van der Waals surface area contributed by atoms with E-state index in [1.807, 2.05) is 0 Å². The number of rotatable bonds is 4. The summed E-state index contributed by atoms with van der Waals surface area (Å²) in [4.78, 5) is 12.0. The molecule has 4 nitrogen and oxygen atoms in total. The quantitative estimate of drug-likeness (QED) is 0.483. The predicted molar refractivity (Wildman–Crippen MR) is 96.1 cm³/mol. The van der Waals surface area contributed by atoms with Crippen LogP contribution in [-0.4, -0.2) is 22.5 Å². The molecule has 2 aromatic rings. The number of benzene rings is 2. The Bertz CT molecular complexity index is 911. The average molecular weight is 395 g/mol. The van der Waals surface area contributed by atoms with Crippen molar-refractivity contribution >= 4 is 29.1 Å². The van der Waals surface area contributed by atoms with Crippen LogP contribution in [0.5, 0.6) is 0 Å². The summed E-state index contributed by atoms with van der Waals surface area (Å²) in [5, 5.41) is 9.69. The van der Waals surface area contributed by atoms with E-state index in [-0.39, 0.29) is 23.1 Å². The van der Waals surface area contributed by atoms with Gasteiger partial charge in [-0.3, -0.25) is 4.79 Å². The Morgan fingerprint density at radius 1 is 1.15 bits per heavy atom. The molecule has 1 saturated heterocycles. The summed E-state index contributed by atoms with van der Waals surface area (Å²) in [7, 11) is 0. The number of thioether (sulfide) groups is 1. The number of nitrogens with one attached hydrogen (secondary N) is 1. The molecule has 0 aliphatic carbocycles. The number of carbonyl (C=O) groups is 1. The first-order valence-corrected chi connectivity index (χ1v) is 8.70. The van der Waals surface area contributed by atoms with Gasteiger partial charge in [0, 0.05) is 5.56 Å². The van der Waals surface area contributed by atoms with Crippen molar-refractivity contribution in [2.75, 3.05) is 0 Å². The van der Waals surface area contributed by atoms with Gasteiger partial charge in [0.25, 0.3) is 0 Å². The van der Waals surface area contributed by atoms with Crippen molar-refractivity contribution in [3.63, 3.8) is 0 Å². The van der Waals surface area contributed by atoms with Gasteiger partial charge in [-0.15, -0.1) is 5.10 Å². The highest BCUT2D eigenvalue weighted by Gasteiger charge is 2.33. The second-order valence-corrected chi connectivity index (χ2v) is 6.86. The van der Waals surface area contributed by atoms with Gasteiger partial charge in [0.1, 0.15) is 5.82 Å².